The Hall–Kier alpha value is -1.30. The standard InChI is InChI=1S/C24H47NO5/c1-3-4-5-6-7-8-9-10-11-12-13-17-20-29-23(26)18-15-14-16-19-25-24(27)30-22-21-28-2/h3-22H2,1-2H3,(H,25,27). The van der Waals surface area contributed by atoms with E-state index in [0.717, 1.165) is 32.1 Å². The number of carbonyl (C=O) groups excluding carboxylic acids is 2. The van der Waals surface area contributed by atoms with E-state index in [1.165, 1.54) is 64.2 Å². The van der Waals surface area contributed by atoms with Gasteiger partial charge >= 0.3 is 12.1 Å². The minimum atomic E-state index is -0.422. The highest BCUT2D eigenvalue weighted by atomic mass is 16.6. The van der Waals surface area contributed by atoms with Crippen molar-refractivity contribution in [1.82, 2.24) is 5.32 Å². The molecule has 178 valence electrons. The summed E-state index contributed by atoms with van der Waals surface area (Å²) >= 11 is 0. The van der Waals surface area contributed by atoms with Crippen LogP contribution in [0.5, 0.6) is 0 Å². The molecule has 0 aromatic carbocycles. The van der Waals surface area contributed by atoms with Crippen molar-refractivity contribution < 1.29 is 23.8 Å². The Morgan fingerprint density at radius 2 is 1.20 bits per heavy atom. The molecule has 30 heavy (non-hydrogen) atoms. The van der Waals surface area contributed by atoms with E-state index in [1.54, 1.807) is 7.11 Å². The third-order valence-electron chi connectivity index (χ3n) is 5.11. The second-order valence-corrected chi connectivity index (χ2v) is 7.98. The molecule has 0 fully saturated rings. The molecule has 0 spiro atoms. The van der Waals surface area contributed by atoms with Crippen molar-refractivity contribution in [1.29, 1.82) is 0 Å². The number of hydrogen-bond donors (Lipinski definition) is 1. The number of unbranched alkanes of at least 4 members (excludes halogenated alkanes) is 13. The molecule has 1 N–H and O–H groups in total. The lowest BCUT2D eigenvalue weighted by molar-refractivity contribution is -0.143. The minimum absolute atomic E-state index is 0.106. The molecule has 0 unspecified atom stereocenters. The smallest absolute Gasteiger partial charge is 0.407 e. The maximum atomic E-state index is 11.7. The summed E-state index contributed by atoms with van der Waals surface area (Å²) in [6.45, 7) is 4.02. The fraction of sp³-hybridized carbons (Fsp3) is 0.917. The highest BCUT2D eigenvalue weighted by molar-refractivity contribution is 5.69. The molecule has 0 heterocycles. The van der Waals surface area contributed by atoms with Crippen molar-refractivity contribution in [3.05, 3.63) is 0 Å². The second-order valence-electron chi connectivity index (χ2n) is 7.98. The van der Waals surface area contributed by atoms with Crippen LogP contribution < -0.4 is 5.32 Å². The van der Waals surface area contributed by atoms with Gasteiger partial charge in [-0.05, 0) is 19.3 Å². The van der Waals surface area contributed by atoms with Gasteiger partial charge in [0.25, 0.3) is 0 Å². The number of hydrogen-bond acceptors (Lipinski definition) is 5. The topological polar surface area (TPSA) is 73.9 Å². The minimum Gasteiger partial charge on any atom is -0.466 e. The van der Waals surface area contributed by atoms with E-state index in [0.29, 0.717) is 26.2 Å². The van der Waals surface area contributed by atoms with Gasteiger partial charge in [-0.25, -0.2) is 4.79 Å². The van der Waals surface area contributed by atoms with Gasteiger partial charge in [-0.2, -0.15) is 0 Å². The molecule has 0 radical (unpaired) electrons. The van der Waals surface area contributed by atoms with Crippen LogP contribution in [0.3, 0.4) is 0 Å². The number of carbonyl (C=O) groups is 2. The molecule has 0 saturated heterocycles. The van der Waals surface area contributed by atoms with Crippen LogP contribution in [0.1, 0.15) is 110 Å². The lowest BCUT2D eigenvalue weighted by atomic mass is 10.1. The fourth-order valence-corrected chi connectivity index (χ4v) is 3.23. The maximum Gasteiger partial charge on any atom is 0.407 e. The Kier molecular flexibility index (Phi) is 22.9. The Morgan fingerprint density at radius 1 is 0.633 bits per heavy atom. The lowest BCUT2D eigenvalue weighted by Crippen LogP contribution is -2.26. The normalized spacial score (nSPS) is 10.7. The number of alkyl carbamates (subject to hydrolysis) is 1. The van der Waals surface area contributed by atoms with Crippen LogP contribution in [0.4, 0.5) is 4.79 Å². The first-order valence-corrected chi connectivity index (χ1v) is 12.3. The SMILES string of the molecule is CCCCCCCCCCCCCCOC(=O)CCCCCNC(=O)OCCOC. The predicted octanol–water partition coefficient (Wildman–Crippen LogP) is 6.16. The Morgan fingerprint density at radius 3 is 1.80 bits per heavy atom. The summed E-state index contributed by atoms with van der Waals surface area (Å²) < 4.78 is 15.0. The fourth-order valence-electron chi connectivity index (χ4n) is 3.23. The van der Waals surface area contributed by atoms with Gasteiger partial charge < -0.3 is 19.5 Å². The van der Waals surface area contributed by atoms with E-state index in [1.807, 2.05) is 0 Å². The molecule has 0 bridgehead atoms. The zero-order valence-corrected chi connectivity index (χ0v) is 19.7. The predicted molar refractivity (Wildman–Crippen MR) is 122 cm³/mol. The molecule has 0 atom stereocenters. The van der Waals surface area contributed by atoms with E-state index in [4.69, 9.17) is 14.2 Å². The summed E-state index contributed by atoms with van der Waals surface area (Å²) in [6.07, 6.45) is 18.2. The summed E-state index contributed by atoms with van der Waals surface area (Å²) in [4.78, 5) is 23.0. The van der Waals surface area contributed by atoms with Gasteiger partial charge in [0.15, 0.2) is 0 Å². The quantitative estimate of drug-likeness (QED) is 0.165. The van der Waals surface area contributed by atoms with Crippen molar-refractivity contribution in [2.75, 3.05) is 33.5 Å². The van der Waals surface area contributed by atoms with Crippen molar-refractivity contribution in [2.24, 2.45) is 0 Å². The molecule has 6 nitrogen and oxygen atoms in total. The average Bonchev–Trinajstić information content (AvgIpc) is 2.74. The van der Waals surface area contributed by atoms with Gasteiger partial charge in [-0.15, -0.1) is 0 Å². The molecular weight excluding hydrogens is 382 g/mol. The summed E-state index contributed by atoms with van der Waals surface area (Å²) in [5.74, 6) is -0.106. The number of rotatable bonds is 22. The zero-order valence-electron chi connectivity index (χ0n) is 19.7. The van der Waals surface area contributed by atoms with Gasteiger partial charge in [0.05, 0.1) is 13.2 Å². The first-order valence-electron chi connectivity index (χ1n) is 12.3. The largest absolute Gasteiger partial charge is 0.466 e. The number of esters is 1. The highest BCUT2D eigenvalue weighted by Crippen LogP contribution is 2.12. The molecule has 0 aromatic rings. The van der Waals surface area contributed by atoms with Crippen molar-refractivity contribution in [3.63, 3.8) is 0 Å². The van der Waals surface area contributed by atoms with Crippen LogP contribution in [0.2, 0.25) is 0 Å². The number of amides is 1. The highest BCUT2D eigenvalue weighted by Gasteiger charge is 2.04. The van der Waals surface area contributed by atoms with Gasteiger partial charge in [0.2, 0.25) is 0 Å². The summed E-state index contributed by atoms with van der Waals surface area (Å²) in [6, 6.07) is 0. The third-order valence-corrected chi connectivity index (χ3v) is 5.11. The van der Waals surface area contributed by atoms with Crippen molar-refractivity contribution in [2.45, 2.75) is 110 Å². The summed E-state index contributed by atoms with van der Waals surface area (Å²) in [7, 11) is 1.56. The summed E-state index contributed by atoms with van der Waals surface area (Å²) in [5.41, 5.74) is 0. The first kappa shape index (κ1) is 28.7. The average molecular weight is 430 g/mol. The molecule has 0 rings (SSSR count). The van der Waals surface area contributed by atoms with E-state index in [2.05, 4.69) is 12.2 Å². The molecule has 0 aliphatic heterocycles. The first-order chi connectivity index (χ1) is 14.7. The monoisotopic (exact) mass is 429 g/mol. The van der Waals surface area contributed by atoms with Crippen LogP contribution in [-0.4, -0.2) is 45.5 Å². The number of nitrogens with one attached hydrogen (secondary N) is 1. The molecule has 0 aromatic heterocycles. The van der Waals surface area contributed by atoms with Gasteiger partial charge in [0.1, 0.15) is 6.61 Å². The molecule has 0 aliphatic carbocycles. The van der Waals surface area contributed by atoms with Crippen LogP contribution >= 0.6 is 0 Å². The molecule has 0 saturated carbocycles. The maximum absolute atomic E-state index is 11.7. The van der Waals surface area contributed by atoms with E-state index in [-0.39, 0.29) is 12.6 Å². The molecule has 0 aliphatic rings. The van der Waals surface area contributed by atoms with E-state index < -0.39 is 6.09 Å². The van der Waals surface area contributed by atoms with Crippen LogP contribution in [0.25, 0.3) is 0 Å². The molecule has 1 amide bonds. The van der Waals surface area contributed by atoms with E-state index in [9.17, 15) is 9.59 Å². The van der Waals surface area contributed by atoms with E-state index >= 15 is 0 Å². The lowest BCUT2D eigenvalue weighted by Gasteiger charge is -2.07. The van der Waals surface area contributed by atoms with Crippen LogP contribution in [-0.2, 0) is 19.0 Å². The van der Waals surface area contributed by atoms with Crippen molar-refractivity contribution >= 4 is 12.1 Å². The Labute approximate surface area is 184 Å². The van der Waals surface area contributed by atoms with Crippen molar-refractivity contribution in [3.8, 4) is 0 Å². The molecule has 6 heteroatoms. The van der Waals surface area contributed by atoms with Gasteiger partial charge in [-0.3, -0.25) is 4.79 Å². The Balaban J connectivity index is 3.23. The van der Waals surface area contributed by atoms with Gasteiger partial charge in [-0.1, -0.05) is 84.0 Å². The second kappa shape index (κ2) is 24.0. The Bertz CT molecular complexity index is 390. The van der Waals surface area contributed by atoms with Crippen LogP contribution in [0, 0.1) is 0 Å². The number of ether oxygens (including phenoxy) is 3. The van der Waals surface area contributed by atoms with Gasteiger partial charge in [0, 0.05) is 20.1 Å². The van der Waals surface area contributed by atoms with Crippen LogP contribution in [0.15, 0.2) is 0 Å². The zero-order chi connectivity index (χ0) is 22.1. The summed E-state index contributed by atoms with van der Waals surface area (Å²) in [5, 5.41) is 2.68. The molecular formula is C24H47NO5. The number of methoxy groups -OCH3 is 1. The third kappa shape index (κ3) is 23.0.